The monoisotopic (exact) mass is 397 g/mol. The number of nitrogens with one attached hydrogen (secondary N) is 2. The molecule has 0 bridgehead atoms. The Kier molecular flexibility index (Phi) is 6.44. The first-order valence-electron chi connectivity index (χ1n) is 9.37. The SMILES string of the molecule is CCC(=O)Nc1ccc2nc(N3CCNCC3)nc(-c3ccccc3)c2c1.Cl. The van der Waals surface area contributed by atoms with Crippen LogP contribution < -0.4 is 15.5 Å². The van der Waals surface area contributed by atoms with Gasteiger partial charge in [-0.25, -0.2) is 9.97 Å². The summed E-state index contributed by atoms with van der Waals surface area (Å²) in [6.07, 6.45) is 0.446. The standard InChI is InChI=1S/C21H23N5O.ClH/c1-2-19(27)23-16-8-9-18-17(14-16)20(15-6-4-3-5-7-15)25-21(24-18)26-12-10-22-11-13-26;/h3-9,14,22H,2,10-13H2,1H3,(H,23,27);1H. The third-order valence-corrected chi connectivity index (χ3v) is 4.74. The van der Waals surface area contributed by atoms with Gasteiger partial charge < -0.3 is 15.5 Å². The number of carbonyl (C=O) groups excluding carboxylic acids is 1. The molecule has 3 aromatic rings. The average Bonchev–Trinajstić information content (AvgIpc) is 2.74. The van der Waals surface area contributed by atoms with E-state index >= 15 is 0 Å². The lowest BCUT2D eigenvalue weighted by molar-refractivity contribution is -0.115. The molecule has 7 heteroatoms. The third kappa shape index (κ3) is 4.24. The van der Waals surface area contributed by atoms with Crippen LogP contribution in [0.1, 0.15) is 13.3 Å². The molecule has 0 unspecified atom stereocenters. The smallest absolute Gasteiger partial charge is 0.226 e. The Bertz CT molecular complexity index is 958. The van der Waals surface area contributed by atoms with Crippen LogP contribution in [0, 0.1) is 0 Å². The van der Waals surface area contributed by atoms with Crippen molar-refractivity contribution in [2.75, 3.05) is 36.4 Å². The summed E-state index contributed by atoms with van der Waals surface area (Å²) >= 11 is 0. The van der Waals surface area contributed by atoms with Crippen molar-refractivity contribution in [3.05, 3.63) is 48.5 Å². The van der Waals surface area contributed by atoms with Crippen LogP contribution in [0.25, 0.3) is 22.2 Å². The van der Waals surface area contributed by atoms with E-state index in [1.54, 1.807) is 0 Å². The van der Waals surface area contributed by atoms with Gasteiger partial charge in [0.15, 0.2) is 0 Å². The highest BCUT2D eigenvalue weighted by molar-refractivity contribution is 5.98. The van der Waals surface area contributed by atoms with Gasteiger partial charge in [0.1, 0.15) is 0 Å². The average molecular weight is 398 g/mol. The molecule has 1 aliphatic rings. The number of rotatable bonds is 4. The molecular formula is C21H24ClN5O. The molecule has 0 aliphatic carbocycles. The first kappa shape index (κ1) is 20.0. The maximum Gasteiger partial charge on any atom is 0.226 e. The van der Waals surface area contributed by atoms with Crippen LogP contribution in [0.5, 0.6) is 0 Å². The maximum atomic E-state index is 11.8. The van der Waals surface area contributed by atoms with Crippen molar-refractivity contribution in [3.8, 4) is 11.3 Å². The second kappa shape index (κ2) is 8.99. The van der Waals surface area contributed by atoms with E-state index in [-0.39, 0.29) is 18.3 Å². The van der Waals surface area contributed by atoms with Crippen molar-refractivity contribution in [2.45, 2.75) is 13.3 Å². The number of amides is 1. The summed E-state index contributed by atoms with van der Waals surface area (Å²) in [5, 5.41) is 7.23. The molecule has 0 radical (unpaired) electrons. The van der Waals surface area contributed by atoms with Crippen LogP contribution in [0.3, 0.4) is 0 Å². The summed E-state index contributed by atoms with van der Waals surface area (Å²) in [6.45, 7) is 5.50. The molecule has 1 aromatic heterocycles. The van der Waals surface area contributed by atoms with Crippen molar-refractivity contribution in [1.82, 2.24) is 15.3 Å². The molecule has 1 amide bonds. The number of halogens is 1. The molecule has 0 spiro atoms. The Morgan fingerprint density at radius 3 is 2.57 bits per heavy atom. The second-order valence-corrected chi connectivity index (χ2v) is 6.61. The minimum Gasteiger partial charge on any atom is -0.338 e. The molecule has 1 fully saturated rings. The summed E-state index contributed by atoms with van der Waals surface area (Å²) in [5.74, 6) is 0.752. The van der Waals surface area contributed by atoms with E-state index in [0.717, 1.165) is 60.0 Å². The zero-order valence-electron chi connectivity index (χ0n) is 15.8. The largest absolute Gasteiger partial charge is 0.338 e. The Balaban J connectivity index is 0.00000225. The van der Waals surface area contributed by atoms with E-state index in [4.69, 9.17) is 9.97 Å². The quantitative estimate of drug-likeness (QED) is 0.705. The number of fused-ring (bicyclic) bond motifs is 1. The minimum absolute atomic E-state index is 0. The predicted octanol–water partition coefficient (Wildman–Crippen LogP) is 3.48. The highest BCUT2D eigenvalue weighted by Crippen LogP contribution is 2.30. The highest BCUT2D eigenvalue weighted by atomic mass is 35.5. The number of anilines is 2. The zero-order chi connectivity index (χ0) is 18.6. The summed E-state index contributed by atoms with van der Waals surface area (Å²) in [6, 6.07) is 16.0. The molecule has 28 heavy (non-hydrogen) atoms. The van der Waals surface area contributed by atoms with Gasteiger partial charge in [-0.3, -0.25) is 4.79 Å². The Labute approximate surface area is 170 Å². The van der Waals surface area contributed by atoms with E-state index < -0.39 is 0 Å². The van der Waals surface area contributed by atoms with E-state index in [9.17, 15) is 4.79 Å². The lowest BCUT2D eigenvalue weighted by atomic mass is 10.1. The van der Waals surface area contributed by atoms with Crippen molar-refractivity contribution >= 4 is 40.9 Å². The van der Waals surface area contributed by atoms with Crippen LogP contribution in [0.4, 0.5) is 11.6 Å². The van der Waals surface area contributed by atoms with Gasteiger partial charge in [0, 0.05) is 49.2 Å². The molecular weight excluding hydrogens is 374 g/mol. The van der Waals surface area contributed by atoms with Crippen molar-refractivity contribution in [2.24, 2.45) is 0 Å². The molecule has 4 rings (SSSR count). The highest BCUT2D eigenvalue weighted by Gasteiger charge is 2.17. The summed E-state index contributed by atoms with van der Waals surface area (Å²) < 4.78 is 0. The fraction of sp³-hybridized carbons (Fsp3) is 0.286. The van der Waals surface area contributed by atoms with Crippen LogP contribution >= 0.6 is 12.4 Å². The van der Waals surface area contributed by atoms with Crippen LogP contribution in [0.15, 0.2) is 48.5 Å². The van der Waals surface area contributed by atoms with Crippen LogP contribution in [-0.2, 0) is 4.79 Å². The van der Waals surface area contributed by atoms with Gasteiger partial charge in [-0.05, 0) is 18.2 Å². The molecule has 2 N–H and O–H groups in total. The van der Waals surface area contributed by atoms with Gasteiger partial charge >= 0.3 is 0 Å². The molecule has 146 valence electrons. The Morgan fingerprint density at radius 2 is 1.86 bits per heavy atom. The Morgan fingerprint density at radius 1 is 1.11 bits per heavy atom. The van der Waals surface area contributed by atoms with E-state index in [2.05, 4.69) is 27.7 Å². The molecule has 2 heterocycles. The predicted molar refractivity (Wildman–Crippen MR) is 116 cm³/mol. The topological polar surface area (TPSA) is 70.2 Å². The lowest BCUT2D eigenvalue weighted by Gasteiger charge is -2.28. The second-order valence-electron chi connectivity index (χ2n) is 6.61. The molecule has 2 aromatic carbocycles. The van der Waals surface area contributed by atoms with Crippen LogP contribution in [0.2, 0.25) is 0 Å². The summed E-state index contributed by atoms with van der Waals surface area (Å²) in [5.41, 5.74) is 3.58. The normalized spacial score (nSPS) is 13.8. The van der Waals surface area contributed by atoms with Gasteiger partial charge in [-0.2, -0.15) is 0 Å². The van der Waals surface area contributed by atoms with E-state index in [0.29, 0.717) is 6.42 Å². The number of hydrogen-bond acceptors (Lipinski definition) is 5. The third-order valence-electron chi connectivity index (χ3n) is 4.74. The first-order chi connectivity index (χ1) is 13.2. The van der Waals surface area contributed by atoms with E-state index in [1.165, 1.54) is 0 Å². The zero-order valence-corrected chi connectivity index (χ0v) is 16.6. The molecule has 0 atom stereocenters. The Hall–Kier alpha value is -2.70. The van der Waals surface area contributed by atoms with E-state index in [1.807, 2.05) is 43.3 Å². The number of nitrogens with zero attached hydrogens (tertiary/aromatic N) is 3. The first-order valence-corrected chi connectivity index (χ1v) is 9.37. The number of piperazine rings is 1. The fourth-order valence-corrected chi connectivity index (χ4v) is 3.27. The van der Waals surface area contributed by atoms with Gasteiger partial charge in [0.2, 0.25) is 11.9 Å². The summed E-state index contributed by atoms with van der Waals surface area (Å²) in [7, 11) is 0. The molecule has 1 saturated heterocycles. The number of benzene rings is 2. The number of carbonyl (C=O) groups is 1. The van der Waals surface area contributed by atoms with Gasteiger partial charge in [-0.1, -0.05) is 37.3 Å². The lowest BCUT2D eigenvalue weighted by Crippen LogP contribution is -2.44. The molecule has 6 nitrogen and oxygen atoms in total. The number of hydrogen-bond donors (Lipinski definition) is 2. The van der Waals surface area contributed by atoms with Gasteiger partial charge in [0.05, 0.1) is 11.2 Å². The van der Waals surface area contributed by atoms with Gasteiger partial charge in [-0.15, -0.1) is 12.4 Å². The van der Waals surface area contributed by atoms with Crippen LogP contribution in [-0.4, -0.2) is 42.1 Å². The summed E-state index contributed by atoms with van der Waals surface area (Å²) in [4.78, 5) is 23.7. The molecule has 1 aliphatic heterocycles. The maximum absolute atomic E-state index is 11.8. The number of aromatic nitrogens is 2. The minimum atomic E-state index is -0.00559. The van der Waals surface area contributed by atoms with Gasteiger partial charge in [0.25, 0.3) is 0 Å². The van der Waals surface area contributed by atoms with Crippen molar-refractivity contribution < 1.29 is 4.79 Å². The fourth-order valence-electron chi connectivity index (χ4n) is 3.27. The molecule has 0 saturated carbocycles. The van der Waals surface area contributed by atoms with Crippen molar-refractivity contribution in [1.29, 1.82) is 0 Å². The van der Waals surface area contributed by atoms with Crippen molar-refractivity contribution in [3.63, 3.8) is 0 Å².